The molecule has 0 heterocycles. The molecular weight excluding hydrogens is 112 g/mol. The van der Waals surface area contributed by atoms with Crippen LogP contribution in [0.4, 0.5) is 0 Å². The fourth-order valence-electron chi connectivity index (χ4n) is 0.526. The molecule has 0 aromatic carbocycles. The Morgan fingerprint density at radius 1 is 1.44 bits per heavy atom. The molecule has 0 radical (unpaired) electrons. The predicted octanol–water partition coefficient (Wildman–Crippen LogP) is 0.0743. The van der Waals surface area contributed by atoms with Crippen LogP contribution in [0.1, 0.15) is 19.8 Å². The highest BCUT2D eigenvalue weighted by atomic mass is 14.6. The minimum absolute atomic E-state index is 0.115. The molecule has 0 bridgehead atoms. The lowest BCUT2D eigenvalue weighted by atomic mass is 10.1. The number of terminal acetylenes is 1. The SMILES string of the molecule is C#C[C@H](N)CCC(C)N. The summed E-state index contributed by atoms with van der Waals surface area (Å²) in [5.74, 6) is 2.44. The van der Waals surface area contributed by atoms with Crippen LogP contribution in [-0.4, -0.2) is 12.1 Å². The highest BCUT2D eigenvalue weighted by Gasteiger charge is 1.98. The number of nitrogens with two attached hydrogens (primary N) is 2. The van der Waals surface area contributed by atoms with Gasteiger partial charge in [-0.15, -0.1) is 6.42 Å². The van der Waals surface area contributed by atoms with Crippen molar-refractivity contribution in [2.24, 2.45) is 11.5 Å². The van der Waals surface area contributed by atoms with Gasteiger partial charge in [0.25, 0.3) is 0 Å². The molecule has 0 fully saturated rings. The second kappa shape index (κ2) is 4.37. The topological polar surface area (TPSA) is 52.0 Å². The minimum atomic E-state index is -0.115. The van der Waals surface area contributed by atoms with Crippen LogP contribution in [0.5, 0.6) is 0 Å². The van der Waals surface area contributed by atoms with E-state index in [1.165, 1.54) is 0 Å². The van der Waals surface area contributed by atoms with E-state index in [1.807, 2.05) is 6.92 Å². The van der Waals surface area contributed by atoms with Crippen LogP contribution in [0.2, 0.25) is 0 Å². The molecule has 0 aromatic rings. The molecule has 0 aliphatic rings. The van der Waals surface area contributed by atoms with Crippen molar-refractivity contribution in [3.05, 3.63) is 0 Å². The maximum absolute atomic E-state index is 5.47. The first kappa shape index (κ1) is 8.48. The molecule has 4 N–H and O–H groups in total. The summed E-state index contributed by atoms with van der Waals surface area (Å²) in [6, 6.07) is 0.0976. The van der Waals surface area contributed by atoms with Crippen LogP contribution in [0.15, 0.2) is 0 Å². The summed E-state index contributed by atoms with van der Waals surface area (Å²) in [6.45, 7) is 1.95. The Morgan fingerprint density at radius 2 is 2.00 bits per heavy atom. The van der Waals surface area contributed by atoms with E-state index >= 15 is 0 Å². The van der Waals surface area contributed by atoms with E-state index in [9.17, 15) is 0 Å². The molecule has 0 aliphatic heterocycles. The van der Waals surface area contributed by atoms with Crippen LogP contribution in [0.25, 0.3) is 0 Å². The van der Waals surface area contributed by atoms with Gasteiger partial charge in [-0.2, -0.15) is 0 Å². The van der Waals surface area contributed by atoms with Crippen LogP contribution in [-0.2, 0) is 0 Å². The number of rotatable bonds is 3. The predicted molar refractivity (Wildman–Crippen MR) is 39.7 cm³/mol. The molecule has 0 saturated carbocycles. The molecule has 0 saturated heterocycles. The monoisotopic (exact) mass is 126 g/mol. The Hall–Kier alpha value is -0.520. The van der Waals surface area contributed by atoms with Gasteiger partial charge in [0.2, 0.25) is 0 Å². The first-order valence-electron chi connectivity index (χ1n) is 3.14. The van der Waals surface area contributed by atoms with Gasteiger partial charge in [-0.1, -0.05) is 5.92 Å². The van der Waals surface area contributed by atoms with E-state index in [0.717, 1.165) is 12.8 Å². The maximum atomic E-state index is 5.47. The first-order chi connectivity index (χ1) is 4.16. The average molecular weight is 126 g/mol. The Balaban J connectivity index is 3.19. The molecule has 0 spiro atoms. The Morgan fingerprint density at radius 3 is 2.33 bits per heavy atom. The lowest BCUT2D eigenvalue weighted by Crippen LogP contribution is -2.22. The largest absolute Gasteiger partial charge is 0.328 e. The summed E-state index contributed by atoms with van der Waals surface area (Å²) in [4.78, 5) is 0. The summed E-state index contributed by atoms with van der Waals surface area (Å²) < 4.78 is 0. The highest BCUT2D eigenvalue weighted by molar-refractivity contribution is 4.96. The van der Waals surface area contributed by atoms with Gasteiger partial charge >= 0.3 is 0 Å². The maximum Gasteiger partial charge on any atom is 0.0662 e. The summed E-state index contributed by atoms with van der Waals surface area (Å²) >= 11 is 0. The molecule has 0 rings (SSSR count). The smallest absolute Gasteiger partial charge is 0.0662 e. The van der Waals surface area contributed by atoms with Crippen molar-refractivity contribution in [2.75, 3.05) is 0 Å². The molecule has 0 aliphatic carbocycles. The van der Waals surface area contributed by atoms with E-state index < -0.39 is 0 Å². The molecule has 2 atom stereocenters. The van der Waals surface area contributed by atoms with Crippen LogP contribution in [0, 0.1) is 12.3 Å². The highest BCUT2D eigenvalue weighted by Crippen LogP contribution is 1.95. The number of hydrogen-bond donors (Lipinski definition) is 2. The van der Waals surface area contributed by atoms with Crippen molar-refractivity contribution in [1.29, 1.82) is 0 Å². The standard InChI is InChI=1S/C7H14N2/c1-3-7(9)5-4-6(2)8/h1,6-7H,4-5,8-9H2,2H3/t6?,7-/m0/s1. The minimum Gasteiger partial charge on any atom is -0.328 e. The van der Waals surface area contributed by atoms with Crippen molar-refractivity contribution >= 4 is 0 Å². The van der Waals surface area contributed by atoms with Gasteiger partial charge in [-0.3, -0.25) is 0 Å². The van der Waals surface area contributed by atoms with Crippen molar-refractivity contribution in [3.8, 4) is 12.3 Å². The van der Waals surface area contributed by atoms with Crippen molar-refractivity contribution in [1.82, 2.24) is 0 Å². The van der Waals surface area contributed by atoms with Gasteiger partial charge in [0, 0.05) is 6.04 Å². The Kier molecular flexibility index (Phi) is 4.12. The van der Waals surface area contributed by atoms with Crippen molar-refractivity contribution < 1.29 is 0 Å². The zero-order chi connectivity index (χ0) is 7.28. The molecule has 1 unspecified atom stereocenters. The van der Waals surface area contributed by atoms with E-state index in [4.69, 9.17) is 17.9 Å². The third kappa shape index (κ3) is 5.35. The fraction of sp³-hybridized carbons (Fsp3) is 0.714. The number of hydrogen-bond acceptors (Lipinski definition) is 2. The summed E-state index contributed by atoms with van der Waals surface area (Å²) in [5, 5.41) is 0. The molecule has 2 nitrogen and oxygen atoms in total. The van der Waals surface area contributed by atoms with Crippen molar-refractivity contribution in [2.45, 2.75) is 31.8 Å². The quantitative estimate of drug-likeness (QED) is 0.526. The third-order valence-electron chi connectivity index (χ3n) is 1.15. The van der Waals surface area contributed by atoms with E-state index in [2.05, 4.69) is 5.92 Å². The van der Waals surface area contributed by atoms with Crippen molar-refractivity contribution in [3.63, 3.8) is 0 Å². The van der Waals surface area contributed by atoms with Gasteiger partial charge in [-0.25, -0.2) is 0 Å². The third-order valence-corrected chi connectivity index (χ3v) is 1.15. The normalized spacial score (nSPS) is 16.2. The zero-order valence-electron chi connectivity index (χ0n) is 5.80. The molecule has 0 amide bonds. The summed E-state index contributed by atoms with van der Waals surface area (Å²) in [6.07, 6.45) is 6.78. The molecule has 0 aromatic heterocycles. The summed E-state index contributed by atoms with van der Waals surface area (Å²) in [7, 11) is 0. The molecular formula is C7H14N2. The lowest BCUT2D eigenvalue weighted by molar-refractivity contribution is 0.597. The van der Waals surface area contributed by atoms with Crippen LogP contribution >= 0.6 is 0 Å². The van der Waals surface area contributed by atoms with E-state index in [0.29, 0.717) is 0 Å². The molecule has 2 heteroatoms. The van der Waals surface area contributed by atoms with Crippen LogP contribution in [0.3, 0.4) is 0 Å². The lowest BCUT2D eigenvalue weighted by Gasteiger charge is -2.05. The van der Waals surface area contributed by atoms with Gasteiger partial charge in [-0.05, 0) is 19.8 Å². The first-order valence-corrected chi connectivity index (χ1v) is 3.14. The summed E-state index contributed by atoms with van der Waals surface area (Å²) in [5.41, 5.74) is 10.9. The van der Waals surface area contributed by atoms with Crippen LogP contribution < -0.4 is 11.5 Å². The average Bonchev–Trinajstić information content (AvgIpc) is 1.83. The second-order valence-corrected chi connectivity index (χ2v) is 2.33. The molecule has 52 valence electrons. The van der Waals surface area contributed by atoms with E-state index in [1.54, 1.807) is 0 Å². The van der Waals surface area contributed by atoms with Gasteiger partial charge in [0.05, 0.1) is 6.04 Å². The van der Waals surface area contributed by atoms with E-state index in [-0.39, 0.29) is 12.1 Å². The second-order valence-electron chi connectivity index (χ2n) is 2.33. The Bertz CT molecular complexity index is 102. The fourth-order valence-corrected chi connectivity index (χ4v) is 0.526. The molecule has 9 heavy (non-hydrogen) atoms. The Labute approximate surface area is 56.6 Å². The van der Waals surface area contributed by atoms with Gasteiger partial charge in [0.15, 0.2) is 0 Å². The van der Waals surface area contributed by atoms with Gasteiger partial charge in [0.1, 0.15) is 0 Å². The zero-order valence-corrected chi connectivity index (χ0v) is 5.80. The van der Waals surface area contributed by atoms with Gasteiger partial charge < -0.3 is 11.5 Å².